The number of benzene rings is 2. The Labute approximate surface area is 134 Å². The van der Waals surface area contributed by atoms with E-state index in [1.807, 2.05) is 18.2 Å². The van der Waals surface area contributed by atoms with E-state index in [-0.39, 0.29) is 5.91 Å². The second kappa shape index (κ2) is 6.52. The Hall–Kier alpha value is -1.17. The topological polar surface area (TPSA) is 49.3 Å². The van der Waals surface area contributed by atoms with Crippen molar-refractivity contribution in [2.45, 2.75) is 13.0 Å². The van der Waals surface area contributed by atoms with Crippen LogP contribution >= 0.6 is 31.9 Å². The molecule has 0 aliphatic heterocycles. The molecular weight excluding hydrogens is 386 g/mol. The zero-order chi connectivity index (χ0) is 14.7. The highest BCUT2D eigenvalue weighted by Crippen LogP contribution is 2.25. The van der Waals surface area contributed by atoms with Crippen molar-refractivity contribution < 1.29 is 9.90 Å². The molecule has 5 heteroatoms. The van der Waals surface area contributed by atoms with Crippen LogP contribution < -0.4 is 5.32 Å². The Bertz CT molecular complexity index is 642. The van der Waals surface area contributed by atoms with Gasteiger partial charge in [-0.1, -0.05) is 34.1 Å². The Morgan fingerprint density at radius 1 is 1.20 bits per heavy atom. The molecular formula is C15H13Br2NO2. The van der Waals surface area contributed by atoms with Gasteiger partial charge in [-0.15, -0.1) is 0 Å². The molecule has 0 aliphatic rings. The number of hydrogen-bond donors (Lipinski definition) is 2. The molecule has 1 unspecified atom stereocenters. The van der Waals surface area contributed by atoms with Gasteiger partial charge in [0.25, 0.3) is 5.91 Å². The molecule has 20 heavy (non-hydrogen) atoms. The SMILES string of the molecule is CC(O)c1ccccc1NC(=O)c1ccc(Br)cc1Br. The van der Waals surface area contributed by atoms with Gasteiger partial charge >= 0.3 is 0 Å². The lowest BCUT2D eigenvalue weighted by atomic mass is 10.1. The minimum absolute atomic E-state index is 0.225. The molecule has 2 aromatic rings. The van der Waals surface area contributed by atoms with Crippen LogP contribution in [0.2, 0.25) is 0 Å². The number of para-hydroxylation sites is 1. The van der Waals surface area contributed by atoms with E-state index >= 15 is 0 Å². The van der Waals surface area contributed by atoms with Gasteiger partial charge in [-0.25, -0.2) is 0 Å². The van der Waals surface area contributed by atoms with Crippen LogP contribution in [0.4, 0.5) is 5.69 Å². The van der Waals surface area contributed by atoms with E-state index in [1.54, 1.807) is 31.2 Å². The van der Waals surface area contributed by atoms with Gasteiger partial charge in [0.15, 0.2) is 0 Å². The lowest BCUT2D eigenvalue weighted by Crippen LogP contribution is -2.14. The van der Waals surface area contributed by atoms with E-state index in [2.05, 4.69) is 37.2 Å². The normalized spacial score (nSPS) is 12.0. The number of rotatable bonds is 3. The van der Waals surface area contributed by atoms with E-state index in [0.717, 1.165) is 4.47 Å². The number of amides is 1. The van der Waals surface area contributed by atoms with E-state index < -0.39 is 6.10 Å². The highest BCUT2D eigenvalue weighted by atomic mass is 79.9. The summed E-state index contributed by atoms with van der Waals surface area (Å²) < 4.78 is 1.60. The Kier molecular flexibility index (Phi) is 4.96. The largest absolute Gasteiger partial charge is 0.389 e. The number of aliphatic hydroxyl groups is 1. The van der Waals surface area contributed by atoms with Crippen LogP contribution in [0.3, 0.4) is 0 Å². The number of carbonyl (C=O) groups is 1. The Morgan fingerprint density at radius 3 is 2.55 bits per heavy atom. The van der Waals surface area contributed by atoms with Gasteiger partial charge in [0, 0.05) is 20.2 Å². The van der Waals surface area contributed by atoms with Crippen molar-refractivity contribution in [3.63, 3.8) is 0 Å². The summed E-state index contributed by atoms with van der Waals surface area (Å²) in [5, 5.41) is 12.5. The van der Waals surface area contributed by atoms with Crippen molar-refractivity contribution in [2.24, 2.45) is 0 Å². The van der Waals surface area contributed by atoms with Crippen LogP contribution in [-0.2, 0) is 0 Å². The Morgan fingerprint density at radius 2 is 1.90 bits per heavy atom. The van der Waals surface area contributed by atoms with Gasteiger partial charge in [0.1, 0.15) is 0 Å². The van der Waals surface area contributed by atoms with Crippen molar-refractivity contribution in [1.82, 2.24) is 0 Å². The van der Waals surface area contributed by atoms with E-state index in [4.69, 9.17) is 0 Å². The quantitative estimate of drug-likeness (QED) is 0.798. The predicted molar refractivity (Wildman–Crippen MR) is 86.9 cm³/mol. The summed E-state index contributed by atoms with van der Waals surface area (Å²) in [5.74, 6) is -0.225. The smallest absolute Gasteiger partial charge is 0.256 e. The molecule has 0 fully saturated rings. The molecule has 0 saturated carbocycles. The molecule has 0 saturated heterocycles. The summed E-state index contributed by atoms with van der Waals surface area (Å²) in [5.41, 5.74) is 1.84. The minimum Gasteiger partial charge on any atom is -0.389 e. The first kappa shape index (κ1) is 15.2. The molecule has 1 atom stereocenters. The van der Waals surface area contributed by atoms with E-state index in [9.17, 15) is 9.90 Å². The summed E-state index contributed by atoms with van der Waals surface area (Å²) in [4.78, 5) is 12.3. The summed E-state index contributed by atoms with van der Waals surface area (Å²) in [6.45, 7) is 1.67. The average molecular weight is 399 g/mol. The van der Waals surface area contributed by atoms with Crippen LogP contribution in [0.1, 0.15) is 28.9 Å². The van der Waals surface area contributed by atoms with Gasteiger partial charge in [-0.3, -0.25) is 4.79 Å². The number of halogens is 2. The highest BCUT2D eigenvalue weighted by Gasteiger charge is 2.13. The molecule has 104 valence electrons. The number of anilines is 1. The van der Waals surface area contributed by atoms with Gasteiger partial charge < -0.3 is 10.4 Å². The third-order valence-electron chi connectivity index (χ3n) is 2.83. The fourth-order valence-corrected chi connectivity index (χ4v) is 3.07. The molecule has 0 radical (unpaired) electrons. The van der Waals surface area contributed by atoms with Gasteiger partial charge in [-0.2, -0.15) is 0 Å². The summed E-state index contributed by atoms with van der Waals surface area (Å²) >= 11 is 6.72. The number of nitrogens with one attached hydrogen (secondary N) is 1. The van der Waals surface area contributed by atoms with Gasteiger partial charge in [-0.05, 0) is 47.1 Å². The number of carbonyl (C=O) groups excluding carboxylic acids is 1. The zero-order valence-corrected chi connectivity index (χ0v) is 13.9. The maximum absolute atomic E-state index is 12.3. The summed E-state index contributed by atoms with van der Waals surface area (Å²) in [6.07, 6.45) is -0.639. The molecule has 2 N–H and O–H groups in total. The molecule has 1 amide bonds. The maximum Gasteiger partial charge on any atom is 0.256 e. The molecule has 2 rings (SSSR count). The van der Waals surface area contributed by atoms with Crippen LogP contribution in [0, 0.1) is 0 Å². The lowest BCUT2D eigenvalue weighted by molar-refractivity contribution is 0.102. The average Bonchev–Trinajstić information content (AvgIpc) is 2.38. The van der Waals surface area contributed by atoms with Crippen LogP contribution in [0.15, 0.2) is 51.4 Å². The third-order valence-corrected chi connectivity index (χ3v) is 3.98. The highest BCUT2D eigenvalue weighted by molar-refractivity contribution is 9.11. The van der Waals surface area contributed by atoms with Crippen molar-refractivity contribution in [1.29, 1.82) is 0 Å². The van der Waals surface area contributed by atoms with Crippen LogP contribution in [0.25, 0.3) is 0 Å². The monoisotopic (exact) mass is 397 g/mol. The van der Waals surface area contributed by atoms with Crippen molar-refractivity contribution in [3.05, 3.63) is 62.5 Å². The fraction of sp³-hybridized carbons (Fsp3) is 0.133. The molecule has 0 bridgehead atoms. The molecule has 0 aromatic heterocycles. The maximum atomic E-state index is 12.3. The summed E-state index contributed by atoms with van der Waals surface area (Å²) in [6, 6.07) is 12.6. The van der Waals surface area contributed by atoms with Gasteiger partial charge in [0.2, 0.25) is 0 Å². The van der Waals surface area contributed by atoms with E-state index in [0.29, 0.717) is 21.3 Å². The van der Waals surface area contributed by atoms with Crippen LogP contribution in [0.5, 0.6) is 0 Å². The first-order valence-electron chi connectivity index (χ1n) is 6.02. The molecule has 0 aliphatic carbocycles. The lowest BCUT2D eigenvalue weighted by Gasteiger charge is -2.13. The zero-order valence-electron chi connectivity index (χ0n) is 10.7. The van der Waals surface area contributed by atoms with Crippen molar-refractivity contribution >= 4 is 43.5 Å². The van der Waals surface area contributed by atoms with Gasteiger partial charge in [0.05, 0.1) is 11.7 Å². The minimum atomic E-state index is -0.639. The molecule has 3 nitrogen and oxygen atoms in total. The Balaban J connectivity index is 2.28. The standard InChI is InChI=1S/C15H13Br2NO2/c1-9(19)11-4-2-3-5-14(11)18-15(20)12-7-6-10(16)8-13(12)17/h2-9,19H,1H3,(H,18,20). The summed E-state index contributed by atoms with van der Waals surface area (Å²) in [7, 11) is 0. The fourth-order valence-electron chi connectivity index (χ4n) is 1.84. The first-order chi connectivity index (χ1) is 9.49. The predicted octanol–water partition coefficient (Wildman–Crippen LogP) is 4.52. The first-order valence-corrected chi connectivity index (χ1v) is 7.61. The number of hydrogen-bond acceptors (Lipinski definition) is 2. The molecule has 2 aromatic carbocycles. The second-order valence-electron chi connectivity index (χ2n) is 4.34. The third kappa shape index (κ3) is 3.48. The molecule has 0 spiro atoms. The molecule has 0 heterocycles. The van der Waals surface area contributed by atoms with Crippen LogP contribution in [-0.4, -0.2) is 11.0 Å². The van der Waals surface area contributed by atoms with E-state index in [1.165, 1.54) is 0 Å². The van der Waals surface area contributed by atoms with Crippen molar-refractivity contribution in [3.8, 4) is 0 Å². The second-order valence-corrected chi connectivity index (χ2v) is 6.11. The number of aliphatic hydroxyl groups excluding tert-OH is 1. The van der Waals surface area contributed by atoms with Crippen molar-refractivity contribution in [2.75, 3.05) is 5.32 Å².